The van der Waals surface area contributed by atoms with Gasteiger partial charge in [-0.05, 0) is 66.4 Å². The van der Waals surface area contributed by atoms with E-state index in [1.165, 1.54) is 6.08 Å². The number of aryl methyl sites for hydroxylation is 1. The van der Waals surface area contributed by atoms with Gasteiger partial charge in [-0.1, -0.05) is 60.5 Å². The molecule has 1 N–H and O–H groups in total. The Morgan fingerprint density at radius 2 is 1.68 bits per heavy atom. The molecule has 1 aliphatic heterocycles. The van der Waals surface area contributed by atoms with Gasteiger partial charge in [-0.3, -0.25) is 14.9 Å². The van der Waals surface area contributed by atoms with Crippen LogP contribution in [-0.4, -0.2) is 24.5 Å². The van der Waals surface area contributed by atoms with Crippen LogP contribution in [0.1, 0.15) is 30.5 Å². The molecule has 0 aromatic heterocycles. The standard InChI is InChI=1S/C28H24Cl2N2O5/c1-3-19-7-5-6-8-23(19)32-27(34)20(26(33)31-28(32)35)13-17-10-12-24(25(15-17)36-4-2)37-16-18-9-11-21(29)22(30)14-18/h5-15H,3-4,16H2,1-2H3,(H,31,33,35)/b20-13-. The summed E-state index contributed by atoms with van der Waals surface area (Å²) < 4.78 is 11.7. The van der Waals surface area contributed by atoms with Crippen molar-refractivity contribution in [1.29, 1.82) is 0 Å². The number of hydrogen-bond acceptors (Lipinski definition) is 5. The van der Waals surface area contributed by atoms with E-state index in [4.69, 9.17) is 32.7 Å². The van der Waals surface area contributed by atoms with E-state index < -0.39 is 17.8 Å². The molecule has 1 aliphatic rings. The first kappa shape index (κ1) is 26.3. The lowest BCUT2D eigenvalue weighted by atomic mass is 10.0. The summed E-state index contributed by atoms with van der Waals surface area (Å²) >= 11 is 12.1. The average molecular weight is 539 g/mol. The summed E-state index contributed by atoms with van der Waals surface area (Å²) in [6.07, 6.45) is 2.04. The molecular weight excluding hydrogens is 515 g/mol. The third-order valence-electron chi connectivity index (χ3n) is 5.67. The summed E-state index contributed by atoms with van der Waals surface area (Å²) in [5.41, 5.74) is 2.43. The topological polar surface area (TPSA) is 84.9 Å². The van der Waals surface area contributed by atoms with Gasteiger partial charge in [-0.25, -0.2) is 9.69 Å². The number of imide groups is 2. The molecule has 190 valence electrons. The Morgan fingerprint density at radius 3 is 2.41 bits per heavy atom. The first-order valence-corrected chi connectivity index (χ1v) is 12.4. The zero-order chi connectivity index (χ0) is 26.5. The molecule has 0 spiro atoms. The molecule has 1 saturated heterocycles. The van der Waals surface area contributed by atoms with Gasteiger partial charge in [0.15, 0.2) is 11.5 Å². The van der Waals surface area contributed by atoms with Crippen LogP contribution < -0.4 is 19.7 Å². The Balaban J connectivity index is 1.62. The molecule has 3 aromatic carbocycles. The van der Waals surface area contributed by atoms with Gasteiger partial charge in [0.25, 0.3) is 11.8 Å². The number of anilines is 1. The number of nitrogens with one attached hydrogen (secondary N) is 1. The van der Waals surface area contributed by atoms with Crippen LogP contribution in [0.15, 0.2) is 66.2 Å². The molecule has 1 heterocycles. The number of nitrogens with zero attached hydrogens (tertiary/aromatic N) is 1. The van der Waals surface area contributed by atoms with E-state index in [1.54, 1.807) is 42.5 Å². The van der Waals surface area contributed by atoms with Gasteiger partial charge in [0.05, 0.1) is 22.3 Å². The van der Waals surface area contributed by atoms with Gasteiger partial charge in [0.2, 0.25) is 0 Å². The van der Waals surface area contributed by atoms with Crippen LogP contribution >= 0.6 is 23.2 Å². The summed E-state index contributed by atoms with van der Waals surface area (Å²) in [6, 6.07) is 16.6. The minimum Gasteiger partial charge on any atom is -0.490 e. The summed E-state index contributed by atoms with van der Waals surface area (Å²) in [5.74, 6) is -0.557. The molecule has 1 fully saturated rings. The summed E-state index contributed by atoms with van der Waals surface area (Å²) in [7, 11) is 0. The number of benzene rings is 3. The van der Waals surface area contributed by atoms with Crippen molar-refractivity contribution in [2.24, 2.45) is 0 Å². The fraction of sp³-hybridized carbons (Fsp3) is 0.179. The van der Waals surface area contributed by atoms with Crippen molar-refractivity contribution < 1.29 is 23.9 Å². The molecule has 4 rings (SSSR count). The number of amides is 4. The first-order chi connectivity index (χ1) is 17.8. The molecule has 9 heteroatoms. The van der Waals surface area contributed by atoms with Crippen molar-refractivity contribution in [3.8, 4) is 11.5 Å². The molecular formula is C28H24Cl2N2O5. The molecule has 0 atom stereocenters. The Morgan fingerprint density at radius 1 is 0.892 bits per heavy atom. The number of carbonyl (C=O) groups excluding carboxylic acids is 3. The average Bonchev–Trinajstić information content (AvgIpc) is 2.88. The van der Waals surface area contributed by atoms with Gasteiger partial charge in [-0.2, -0.15) is 0 Å². The van der Waals surface area contributed by atoms with Crippen LogP contribution in [0, 0.1) is 0 Å². The predicted molar refractivity (Wildman–Crippen MR) is 143 cm³/mol. The number of barbiturate groups is 1. The van der Waals surface area contributed by atoms with Crippen molar-refractivity contribution in [3.63, 3.8) is 0 Å². The van der Waals surface area contributed by atoms with Gasteiger partial charge >= 0.3 is 6.03 Å². The summed E-state index contributed by atoms with van der Waals surface area (Å²) in [4.78, 5) is 39.5. The highest BCUT2D eigenvalue weighted by Gasteiger charge is 2.37. The Hall–Kier alpha value is -3.81. The van der Waals surface area contributed by atoms with Gasteiger partial charge < -0.3 is 9.47 Å². The second-order valence-corrected chi connectivity index (χ2v) is 8.93. The van der Waals surface area contributed by atoms with Crippen molar-refractivity contribution in [2.45, 2.75) is 26.9 Å². The van der Waals surface area contributed by atoms with Crippen LogP contribution in [0.2, 0.25) is 10.0 Å². The lowest BCUT2D eigenvalue weighted by Gasteiger charge is -2.28. The molecule has 0 radical (unpaired) electrons. The van der Waals surface area contributed by atoms with Crippen LogP contribution in [0.5, 0.6) is 11.5 Å². The zero-order valence-electron chi connectivity index (χ0n) is 20.2. The molecule has 0 aliphatic carbocycles. The highest BCUT2D eigenvalue weighted by atomic mass is 35.5. The predicted octanol–water partition coefficient (Wildman–Crippen LogP) is 6.20. The number of urea groups is 1. The number of halogens is 2. The Kier molecular flexibility index (Phi) is 8.16. The molecule has 4 amide bonds. The fourth-order valence-electron chi connectivity index (χ4n) is 3.86. The van der Waals surface area contributed by atoms with E-state index in [0.29, 0.717) is 45.8 Å². The second kappa shape index (κ2) is 11.5. The van der Waals surface area contributed by atoms with Crippen molar-refractivity contribution in [2.75, 3.05) is 11.5 Å². The number of rotatable bonds is 8. The van der Waals surface area contributed by atoms with Crippen LogP contribution in [0.4, 0.5) is 10.5 Å². The van der Waals surface area contributed by atoms with Gasteiger partial charge in [0.1, 0.15) is 12.2 Å². The molecule has 7 nitrogen and oxygen atoms in total. The monoisotopic (exact) mass is 538 g/mol. The second-order valence-electron chi connectivity index (χ2n) is 8.12. The van der Waals surface area contributed by atoms with E-state index >= 15 is 0 Å². The van der Waals surface area contributed by atoms with E-state index in [-0.39, 0.29) is 12.2 Å². The molecule has 0 bridgehead atoms. The largest absolute Gasteiger partial charge is 0.490 e. The highest BCUT2D eigenvalue weighted by molar-refractivity contribution is 6.42. The van der Waals surface area contributed by atoms with Crippen LogP contribution in [0.25, 0.3) is 6.08 Å². The molecule has 37 heavy (non-hydrogen) atoms. The van der Waals surface area contributed by atoms with Crippen LogP contribution in [0.3, 0.4) is 0 Å². The molecule has 3 aromatic rings. The highest BCUT2D eigenvalue weighted by Crippen LogP contribution is 2.32. The third-order valence-corrected chi connectivity index (χ3v) is 6.41. The maximum atomic E-state index is 13.3. The quantitative estimate of drug-likeness (QED) is 0.272. The number of carbonyl (C=O) groups is 3. The lowest BCUT2D eigenvalue weighted by molar-refractivity contribution is -0.122. The number of para-hydroxylation sites is 1. The third kappa shape index (κ3) is 5.79. The SMILES string of the molecule is CCOc1cc(/C=C2/C(=O)NC(=O)N(c3ccccc3CC)C2=O)ccc1OCc1ccc(Cl)c(Cl)c1. The van der Waals surface area contributed by atoms with Crippen molar-refractivity contribution in [1.82, 2.24) is 5.32 Å². The zero-order valence-corrected chi connectivity index (χ0v) is 21.7. The number of ether oxygens (including phenoxy) is 2. The van der Waals surface area contributed by atoms with E-state index in [1.807, 2.05) is 32.0 Å². The van der Waals surface area contributed by atoms with Crippen LogP contribution in [-0.2, 0) is 22.6 Å². The van der Waals surface area contributed by atoms with Gasteiger partial charge in [-0.15, -0.1) is 0 Å². The summed E-state index contributed by atoms with van der Waals surface area (Å²) in [6.45, 7) is 4.36. The maximum absolute atomic E-state index is 13.3. The van der Waals surface area contributed by atoms with E-state index in [2.05, 4.69) is 5.32 Å². The van der Waals surface area contributed by atoms with E-state index in [0.717, 1.165) is 16.0 Å². The van der Waals surface area contributed by atoms with Crippen molar-refractivity contribution in [3.05, 3.63) is 93.0 Å². The Bertz CT molecular complexity index is 1400. The smallest absolute Gasteiger partial charge is 0.335 e. The lowest BCUT2D eigenvalue weighted by Crippen LogP contribution is -2.54. The molecule has 0 unspecified atom stereocenters. The Labute approximate surface area is 224 Å². The van der Waals surface area contributed by atoms with Crippen molar-refractivity contribution >= 4 is 52.8 Å². The normalized spacial score (nSPS) is 14.6. The van der Waals surface area contributed by atoms with Gasteiger partial charge in [0, 0.05) is 0 Å². The minimum absolute atomic E-state index is 0.169. The first-order valence-electron chi connectivity index (χ1n) is 11.6. The number of hydrogen-bond donors (Lipinski definition) is 1. The minimum atomic E-state index is -0.783. The fourth-order valence-corrected chi connectivity index (χ4v) is 4.18. The van der Waals surface area contributed by atoms with E-state index in [9.17, 15) is 14.4 Å². The maximum Gasteiger partial charge on any atom is 0.335 e. The summed E-state index contributed by atoms with van der Waals surface area (Å²) in [5, 5.41) is 3.15. The molecule has 0 saturated carbocycles.